The number of hydrogen-bond donors (Lipinski definition) is 1. The topological polar surface area (TPSA) is 120 Å². The Balaban J connectivity index is 0.000000806. The van der Waals surface area contributed by atoms with Crippen LogP contribution in [0.25, 0.3) is 11.4 Å². The molecule has 1 aromatic heterocycles. The fourth-order valence-corrected chi connectivity index (χ4v) is 4.62. The molecule has 164 valence electrons. The number of aromatic nitrogens is 2. The predicted octanol–water partition coefficient (Wildman–Crippen LogP) is 1.10. The average Bonchev–Trinajstić information content (AvgIpc) is 3.36. The number of rotatable bonds is 5. The zero-order valence-electron chi connectivity index (χ0n) is 16.8. The first-order valence-electron chi connectivity index (χ1n) is 9.36. The highest BCUT2D eigenvalue weighted by molar-refractivity contribution is 7.89. The van der Waals surface area contributed by atoms with Crippen LogP contribution in [0.2, 0.25) is 0 Å². The summed E-state index contributed by atoms with van der Waals surface area (Å²) in [6, 6.07) is 5.63. The van der Waals surface area contributed by atoms with E-state index in [9.17, 15) is 8.42 Å². The van der Waals surface area contributed by atoms with E-state index in [0.29, 0.717) is 32.2 Å². The summed E-state index contributed by atoms with van der Waals surface area (Å²) in [4.78, 5) is 12.9. The van der Waals surface area contributed by atoms with Crippen molar-refractivity contribution in [2.24, 2.45) is 5.92 Å². The minimum atomic E-state index is -3.31. The monoisotopic (exact) mass is 439 g/mol. The van der Waals surface area contributed by atoms with Gasteiger partial charge in [0.1, 0.15) is 19.0 Å². The van der Waals surface area contributed by atoms with Gasteiger partial charge in [-0.25, -0.2) is 17.7 Å². The molecule has 0 spiro atoms. The van der Waals surface area contributed by atoms with Crippen LogP contribution in [0.3, 0.4) is 0 Å². The van der Waals surface area contributed by atoms with E-state index in [1.807, 2.05) is 29.0 Å². The lowest BCUT2D eigenvalue weighted by molar-refractivity contribution is -0.122. The van der Waals surface area contributed by atoms with Gasteiger partial charge in [0.15, 0.2) is 11.5 Å². The van der Waals surface area contributed by atoms with Crippen molar-refractivity contribution in [3.05, 3.63) is 30.6 Å². The van der Waals surface area contributed by atoms with Crippen LogP contribution in [0.5, 0.6) is 11.5 Å². The van der Waals surface area contributed by atoms with Gasteiger partial charge in [-0.2, -0.15) is 0 Å². The van der Waals surface area contributed by atoms with Crippen LogP contribution in [-0.4, -0.2) is 80.1 Å². The van der Waals surface area contributed by atoms with Gasteiger partial charge in [-0.05, 0) is 18.2 Å². The largest absolute Gasteiger partial charge is 0.486 e. The normalized spacial score (nSPS) is 20.5. The van der Waals surface area contributed by atoms with Crippen LogP contribution in [0.15, 0.2) is 30.6 Å². The molecule has 1 saturated heterocycles. The van der Waals surface area contributed by atoms with Gasteiger partial charge in [0.2, 0.25) is 10.0 Å². The molecule has 1 aromatic carbocycles. The zero-order chi connectivity index (χ0) is 21.7. The third-order valence-electron chi connectivity index (χ3n) is 4.97. The number of carbonyl (C=O) groups is 1. The first-order valence-corrected chi connectivity index (χ1v) is 11.0. The van der Waals surface area contributed by atoms with Crippen molar-refractivity contribution in [3.63, 3.8) is 0 Å². The Morgan fingerprint density at radius 2 is 1.93 bits per heavy atom. The lowest BCUT2D eigenvalue weighted by atomic mass is 10.1. The molecule has 0 unspecified atom stereocenters. The molecule has 2 aliphatic heterocycles. The number of benzene rings is 1. The van der Waals surface area contributed by atoms with Crippen molar-refractivity contribution < 1.29 is 32.5 Å². The maximum atomic E-state index is 12.3. The van der Waals surface area contributed by atoms with E-state index >= 15 is 0 Å². The van der Waals surface area contributed by atoms with Gasteiger partial charge >= 0.3 is 0 Å². The Morgan fingerprint density at radius 1 is 1.23 bits per heavy atom. The smallest absolute Gasteiger partial charge is 0.290 e. The van der Waals surface area contributed by atoms with Crippen molar-refractivity contribution in [1.29, 1.82) is 0 Å². The molecule has 0 bridgehead atoms. The van der Waals surface area contributed by atoms with Crippen molar-refractivity contribution in [1.82, 2.24) is 13.9 Å². The summed E-state index contributed by atoms with van der Waals surface area (Å²) in [7, 11) is -0.205. The van der Waals surface area contributed by atoms with Gasteiger partial charge in [0.05, 0.1) is 25.0 Å². The van der Waals surface area contributed by atoms with Crippen molar-refractivity contribution in [2.75, 3.05) is 46.3 Å². The summed E-state index contributed by atoms with van der Waals surface area (Å²) in [6.07, 6.45) is 3.60. The molecule has 1 N–H and O–H groups in total. The van der Waals surface area contributed by atoms with Crippen molar-refractivity contribution in [2.45, 2.75) is 6.04 Å². The van der Waals surface area contributed by atoms with Crippen LogP contribution in [0.1, 0.15) is 6.04 Å². The third kappa shape index (κ3) is 4.74. The van der Waals surface area contributed by atoms with Crippen LogP contribution in [0.4, 0.5) is 0 Å². The molecule has 10 nitrogen and oxygen atoms in total. The first kappa shape index (κ1) is 22.1. The number of sulfonamides is 1. The predicted molar refractivity (Wildman–Crippen MR) is 108 cm³/mol. The van der Waals surface area contributed by atoms with Crippen LogP contribution in [-0.2, 0) is 19.6 Å². The van der Waals surface area contributed by atoms with E-state index in [4.69, 9.17) is 24.1 Å². The highest BCUT2D eigenvalue weighted by atomic mass is 32.2. The summed E-state index contributed by atoms with van der Waals surface area (Å²) < 4.78 is 44.8. The minimum Gasteiger partial charge on any atom is -0.486 e. The number of fused-ring (bicyclic) bond motifs is 1. The molecule has 11 heteroatoms. The lowest BCUT2D eigenvalue weighted by Crippen LogP contribution is -2.32. The summed E-state index contributed by atoms with van der Waals surface area (Å²) in [5, 5.41) is 6.89. The molecule has 0 amide bonds. The number of nitrogens with zero attached hydrogens (tertiary/aromatic N) is 3. The molecule has 1 fully saturated rings. The molecule has 0 radical (unpaired) electrons. The molecule has 0 aliphatic carbocycles. The summed E-state index contributed by atoms with van der Waals surface area (Å²) in [6.45, 7) is 1.69. The second-order valence-electron chi connectivity index (χ2n) is 7.05. The number of imidazole rings is 1. The van der Waals surface area contributed by atoms with E-state index in [0.717, 1.165) is 17.1 Å². The Bertz CT molecular complexity index is 974. The van der Waals surface area contributed by atoms with Gasteiger partial charge in [-0.15, -0.1) is 0 Å². The highest BCUT2D eigenvalue weighted by Crippen LogP contribution is 2.36. The van der Waals surface area contributed by atoms with Crippen LogP contribution in [0, 0.1) is 5.92 Å². The molecular weight excluding hydrogens is 414 g/mol. The van der Waals surface area contributed by atoms with E-state index in [1.165, 1.54) is 4.31 Å². The molecule has 0 saturated carbocycles. The van der Waals surface area contributed by atoms with Crippen LogP contribution >= 0.6 is 0 Å². The van der Waals surface area contributed by atoms with Crippen molar-refractivity contribution >= 4 is 16.5 Å². The zero-order valence-corrected chi connectivity index (χ0v) is 17.6. The summed E-state index contributed by atoms with van der Waals surface area (Å²) in [5.41, 5.74) is 0.894. The van der Waals surface area contributed by atoms with Gasteiger partial charge in [-0.1, -0.05) is 0 Å². The fourth-order valence-electron chi connectivity index (χ4n) is 3.46. The van der Waals surface area contributed by atoms with Gasteiger partial charge in [0.25, 0.3) is 6.47 Å². The quantitative estimate of drug-likeness (QED) is 0.688. The minimum absolute atomic E-state index is 0.0451. The van der Waals surface area contributed by atoms with Gasteiger partial charge < -0.3 is 23.9 Å². The third-order valence-corrected chi connectivity index (χ3v) is 6.93. The van der Waals surface area contributed by atoms with Crippen LogP contribution < -0.4 is 9.47 Å². The summed E-state index contributed by atoms with van der Waals surface area (Å²) in [5.74, 6) is 2.09. The Morgan fingerprint density at radius 3 is 2.63 bits per heavy atom. The van der Waals surface area contributed by atoms with Crippen molar-refractivity contribution in [3.8, 4) is 22.9 Å². The van der Waals surface area contributed by atoms with E-state index in [1.54, 1.807) is 20.3 Å². The number of carboxylic acid groups (broad SMARTS) is 1. The second kappa shape index (κ2) is 9.45. The number of ether oxygens (including phenoxy) is 3. The molecule has 4 rings (SSSR count). The fraction of sp³-hybridized carbons (Fsp3) is 0.474. The summed E-state index contributed by atoms with van der Waals surface area (Å²) >= 11 is 0. The van der Waals surface area contributed by atoms with Gasteiger partial charge in [0, 0.05) is 38.0 Å². The maximum Gasteiger partial charge on any atom is 0.290 e. The second-order valence-corrected chi connectivity index (χ2v) is 9.28. The van der Waals surface area contributed by atoms with E-state index in [-0.39, 0.29) is 24.2 Å². The Labute approximate surface area is 175 Å². The Hall–Kier alpha value is -2.63. The maximum absolute atomic E-state index is 12.3. The number of hydrogen-bond acceptors (Lipinski definition) is 7. The highest BCUT2D eigenvalue weighted by Gasteiger charge is 2.35. The molecule has 2 aromatic rings. The standard InChI is InChI=1S/C18H23N3O5S.CH2O2/c1-20(2)27(22,23)12-14-10-24-11-15(14)21-6-5-19-18(21)13-3-4-16-17(9-13)26-8-7-25-16;2-1-3/h3-6,9,14-15H,7-8,10-12H2,1-2H3;1H,(H,2,3)/t14-,15-;/m1./s1. The molecular formula is C19H25N3O7S. The first-order chi connectivity index (χ1) is 14.4. The van der Waals surface area contributed by atoms with Gasteiger partial charge in [-0.3, -0.25) is 4.79 Å². The molecule has 2 aliphatic rings. The lowest BCUT2D eigenvalue weighted by Gasteiger charge is -2.23. The van der Waals surface area contributed by atoms with E-state index < -0.39 is 10.0 Å². The molecule has 30 heavy (non-hydrogen) atoms. The van der Waals surface area contributed by atoms with E-state index in [2.05, 4.69) is 4.98 Å². The molecule has 3 heterocycles. The SMILES string of the molecule is CN(C)S(=O)(=O)C[C@H]1COC[C@H]1n1ccnc1-c1ccc2c(c1)OCCO2.O=CO. The Kier molecular flexibility index (Phi) is 6.95. The molecule has 2 atom stereocenters. The average molecular weight is 439 g/mol.